The second-order valence-corrected chi connectivity index (χ2v) is 6.04. The molecule has 1 unspecified atom stereocenters. The number of benzene rings is 1. The van der Waals surface area contributed by atoms with Crippen molar-refractivity contribution >= 4 is 17.3 Å². The summed E-state index contributed by atoms with van der Waals surface area (Å²) in [7, 11) is 0. The Kier molecular flexibility index (Phi) is 3.69. The van der Waals surface area contributed by atoms with Crippen LogP contribution in [0.25, 0.3) is 0 Å². The molecule has 0 aromatic heterocycles. The van der Waals surface area contributed by atoms with Crippen LogP contribution < -0.4 is 11.1 Å². The van der Waals surface area contributed by atoms with E-state index < -0.39 is 5.97 Å². The van der Waals surface area contributed by atoms with E-state index in [-0.39, 0.29) is 11.0 Å². The van der Waals surface area contributed by atoms with Gasteiger partial charge in [0.05, 0.1) is 16.9 Å². The largest absolute Gasteiger partial charge is 0.478 e. The Morgan fingerprint density at radius 3 is 2.79 bits per heavy atom. The number of nitrogen functional groups attached to an aromatic ring is 1. The number of nitrogens with one attached hydrogen (secondary N) is 1. The zero-order valence-corrected chi connectivity index (χ0v) is 11.6. The van der Waals surface area contributed by atoms with Gasteiger partial charge in [0.2, 0.25) is 0 Å². The molecule has 1 atom stereocenters. The van der Waals surface area contributed by atoms with Crippen molar-refractivity contribution in [2.75, 3.05) is 11.1 Å². The van der Waals surface area contributed by atoms with Crippen LogP contribution in [-0.2, 0) is 0 Å². The number of rotatable bonds is 3. The zero-order valence-electron chi connectivity index (χ0n) is 11.6. The highest BCUT2D eigenvalue weighted by Gasteiger charge is 2.32. The molecule has 4 nitrogen and oxygen atoms in total. The summed E-state index contributed by atoms with van der Waals surface area (Å²) in [5.74, 6) is -0.925. The van der Waals surface area contributed by atoms with Crippen LogP contribution in [-0.4, -0.2) is 17.1 Å². The summed E-state index contributed by atoms with van der Waals surface area (Å²) in [5.41, 5.74) is 7.76. The summed E-state index contributed by atoms with van der Waals surface area (Å²) < 4.78 is 0. The van der Waals surface area contributed by atoms with Crippen LogP contribution >= 0.6 is 0 Å². The Labute approximate surface area is 114 Å². The minimum absolute atomic E-state index is 0.212. The molecule has 1 saturated carbocycles. The molecule has 1 aliphatic carbocycles. The maximum atomic E-state index is 11.0. The smallest absolute Gasteiger partial charge is 0.335 e. The monoisotopic (exact) mass is 262 g/mol. The first-order chi connectivity index (χ1) is 8.90. The maximum absolute atomic E-state index is 11.0. The highest BCUT2D eigenvalue weighted by Crippen LogP contribution is 2.38. The van der Waals surface area contributed by atoms with Crippen LogP contribution in [0.4, 0.5) is 11.4 Å². The number of carbonyl (C=O) groups is 1. The number of nitrogens with two attached hydrogens (primary N) is 1. The van der Waals surface area contributed by atoms with Crippen molar-refractivity contribution < 1.29 is 9.90 Å². The summed E-state index contributed by atoms with van der Waals surface area (Å²) in [6, 6.07) is 5.16. The minimum atomic E-state index is -0.925. The Balaban J connectivity index is 2.22. The van der Waals surface area contributed by atoms with E-state index in [1.54, 1.807) is 12.1 Å². The summed E-state index contributed by atoms with van der Waals surface area (Å²) in [5, 5.41) is 12.5. The van der Waals surface area contributed by atoms with Crippen LogP contribution in [0.1, 0.15) is 49.9 Å². The standard InChI is InChI=1S/C15H22N2O2/c1-15(2)8-4-3-5-13(15)17-12-9-10(14(18)19)6-7-11(12)16/h6-7,9,13,17H,3-5,8,16H2,1-2H3,(H,18,19). The molecule has 1 aliphatic rings. The zero-order chi connectivity index (χ0) is 14.0. The number of carboxylic acids is 1. The molecule has 104 valence electrons. The highest BCUT2D eigenvalue weighted by atomic mass is 16.4. The highest BCUT2D eigenvalue weighted by molar-refractivity contribution is 5.90. The lowest BCUT2D eigenvalue weighted by Crippen LogP contribution is -2.39. The fraction of sp³-hybridized carbons (Fsp3) is 0.533. The molecule has 4 N–H and O–H groups in total. The van der Waals surface area contributed by atoms with E-state index in [1.807, 2.05) is 0 Å². The number of hydrogen-bond acceptors (Lipinski definition) is 3. The predicted molar refractivity (Wildman–Crippen MR) is 77.5 cm³/mol. The first-order valence-electron chi connectivity index (χ1n) is 6.79. The van der Waals surface area contributed by atoms with Gasteiger partial charge in [-0.1, -0.05) is 26.7 Å². The number of hydrogen-bond donors (Lipinski definition) is 3. The van der Waals surface area contributed by atoms with Crippen molar-refractivity contribution in [2.24, 2.45) is 5.41 Å². The van der Waals surface area contributed by atoms with Gasteiger partial charge < -0.3 is 16.2 Å². The average molecular weight is 262 g/mol. The lowest BCUT2D eigenvalue weighted by Gasteiger charge is -2.39. The van der Waals surface area contributed by atoms with Crippen LogP contribution in [0.15, 0.2) is 18.2 Å². The molecule has 0 bridgehead atoms. The third-order valence-corrected chi connectivity index (χ3v) is 4.14. The van der Waals surface area contributed by atoms with Gasteiger partial charge >= 0.3 is 5.97 Å². The van der Waals surface area contributed by atoms with Crippen LogP contribution in [0.3, 0.4) is 0 Å². The van der Waals surface area contributed by atoms with E-state index >= 15 is 0 Å². The van der Waals surface area contributed by atoms with E-state index in [2.05, 4.69) is 19.2 Å². The van der Waals surface area contributed by atoms with E-state index in [1.165, 1.54) is 25.3 Å². The molecule has 0 amide bonds. The first kappa shape index (κ1) is 13.7. The van der Waals surface area contributed by atoms with Crippen molar-refractivity contribution in [3.8, 4) is 0 Å². The minimum Gasteiger partial charge on any atom is -0.478 e. The van der Waals surface area contributed by atoms with Gasteiger partial charge in [-0.25, -0.2) is 4.79 Å². The van der Waals surface area contributed by atoms with E-state index in [4.69, 9.17) is 10.8 Å². The molecule has 1 fully saturated rings. The third-order valence-electron chi connectivity index (χ3n) is 4.14. The number of anilines is 2. The van der Waals surface area contributed by atoms with Crippen LogP contribution in [0, 0.1) is 5.41 Å². The maximum Gasteiger partial charge on any atom is 0.335 e. The number of carboxylic acid groups (broad SMARTS) is 1. The Bertz CT molecular complexity index is 483. The van der Waals surface area contributed by atoms with Crippen molar-refractivity contribution in [3.63, 3.8) is 0 Å². The molecule has 4 heteroatoms. The summed E-state index contributed by atoms with van der Waals surface area (Å²) in [6.07, 6.45) is 4.75. The second kappa shape index (κ2) is 5.11. The fourth-order valence-corrected chi connectivity index (χ4v) is 2.76. The van der Waals surface area contributed by atoms with Crippen LogP contribution in [0.2, 0.25) is 0 Å². The van der Waals surface area contributed by atoms with Gasteiger partial charge in [-0.05, 0) is 36.5 Å². The molecule has 1 aromatic rings. The van der Waals surface area contributed by atoms with Gasteiger partial charge in [-0.15, -0.1) is 0 Å². The molecular weight excluding hydrogens is 240 g/mol. The van der Waals surface area contributed by atoms with Gasteiger partial charge in [0, 0.05) is 6.04 Å². The van der Waals surface area contributed by atoms with Gasteiger partial charge in [0.1, 0.15) is 0 Å². The molecule has 0 radical (unpaired) electrons. The molecule has 0 heterocycles. The third kappa shape index (κ3) is 3.00. The van der Waals surface area contributed by atoms with E-state index in [9.17, 15) is 4.79 Å². The molecule has 19 heavy (non-hydrogen) atoms. The second-order valence-electron chi connectivity index (χ2n) is 6.04. The lowest BCUT2D eigenvalue weighted by molar-refractivity contribution is 0.0697. The van der Waals surface area contributed by atoms with Gasteiger partial charge in [0.25, 0.3) is 0 Å². The summed E-state index contributed by atoms with van der Waals surface area (Å²) in [6.45, 7) is 4.50. The molecular formula is C15H22N2O2. The SMILES string of the molecule is CC1(C)CCCCC1Nc1cc(C(=O)O)ccc1N. The molecule has 0 saturated heterocycles. The predicted octanol–water partition coefficient (Wildman–Crippen LogP) is 3.35. The van der Waals surface area contributed by atoms with E-state index in [0.29, 0.717) is 11.7 Å². The average Bonchev–Trinajstić information content (AvgIpc) is 2.34. The molecule has 0 aliphatic heterocycles. The summed E-state index contributed by atoms with van der Waals surface area (Å²) >= 11 is 0. The summed E-state index contributed by atoms with van der Waals surface area (Å²) in [4.78, 5) is 11.0. The lowest BCUT2D eigenvalue weighted by atomic mass is 9.73. The van der Waals surface area contributed by atoms with Crippen LogP contribution in [0.5, 0.6) is 0 Å². The quantitative estimate of drug-likeness (QED) is 0.730. The van der Waals surface area contributed by atoms with Gasteiger partial charge in [-0.3, -0.25) is 0 Å². The molecule has 2 rings (SSSR count). The Morgan fingerprint density at radius 2 is 2.16 bits per heavy atom. The Hall–Kier alpha value is -1.71. The molecule has 0 spiro atoms. The van der Waals surface area contributed by atoms with Gasteiger partial charge in [-0.2, -0.15) is 0 Å². The first-order valence-corrected chi connectivity index (χ1v) is 6.79. The van der Waals surface area contributed by atoms with Crippen molar-refractivity contribution in [3.05, 3.63) is 23.8 Å². The van der Waals surface area contributed by atoms with Crippen molar-refractivity contribution in [1.82, 2.24) is 0 Å². The van der Waals surface area contributed by atoms with Crippen molar-refractivity contribution in [2.45, 2.75) is 45.6 Å². The Morgan fingerprint density at radius 1 is 1.42 bits per heavy atom. The normalized spacial score (nSPS) is 21.9. The van der Waals surface area contributed by atoms with E-state index in [0.717, 1.165) is 12.1 Å². The topological polar surface area (TPSA) is 75.3 Å². The van der Waals surface area contributed by atoms with Crippen molar-refractivity contribution in [1.29, 1.82) is 0 Å². The fourth-order valence-electron chi connectivity index (χ4n) is 2.76. The number of aromatic carboxylic acids is 1. The van der Waals surface area contributed by atoms with Gasteiger partial charge in [0.15, 0.2) is 0 Å². The molecule has 1 aromatic carbocycles.